The predicted molar refractivity (Wildman–Crippen MR) is 75.2 cm³/mol. The molecule has 0 bridgehead atoms. The molecule has 0 heterocycles. The maximum absolute atomic E-state index is 12.9. The number of nitrogens with one attached hydrogen (secondary N) is 1. The Balaban J connectivity index is 2.26. The molecule has 0 fully saturated rings. The highest BCUT2D eigenvalue weighted by Crippen LogP contribution is 2.21. The second-order valence-corrected chi connectivity index (χ2v) is 4.50. The van der Waals surface area contributed by atoms with Gasteiger partial charge in [0.15, 0.2) is 0 Å². The van der Waals surface area contributed by atoms with Gasteiger partial charge >= 0.3 is 0 Å². The number of carbonyl (C=O) groups excluding carboxylic acids is 1. The van der Waals surface area contributed by atoms with Gasteiger partial charge in [-0.25, -0.2) is 4.39 Å². The first kappa shape index (κ1) is 13.6. The fourth-order valence-corrected chi connectivity index (χ4v) is 2.07. The summed E-state index contributed by atoms with van der Waals surface area (Å²) in [4.78, 5) is 12.1. The van der Waals surface area contributed by atoms with Gasteiger partial charge < -0.3 is 5.32 Å². The van der Waals surface area contributed by atoms with E-state index in [9.17, 15) is 9.18 Å². The molecule has 0 saturated carbocycles. The lowest BCUT2D eigenvalue weighted by Crippen LogP contribution is -2.13. The third-order valence-electron chi connectivity index (χ3n) is 2.82. The van der Waals surface area contributed by atoms with Gasteiger partial charge in [0.1, 0.15) is 5.82 Å². The molecule has 0 spiro atoms. The minimum atomic E-state index is -0.462. The van der Waals surface area contributed by atoms with Gasteiger partial charge in [-0.1, -0.05) is 36.7 Å². The Morgan fingerprint density at radius 3 is 2.68 bits per heavy atom. The van der Waals surface area contributed by atoms with Crippen LogP contribution in [0.2, 0.25) is 5.02 Å². The summed E-state index contributed by atoms with van der Waals surface area (Å²) in [6.07, 6.45) is 0.813. The molecule has 0 atom stereocenters. The van der Waals surface area contributed by atoms with Crippen molar-refractivity contribution in [3.8, 4) is 0 Å². The third kappa shape index (κ3) is 3.12. The number of hydrogen-bond donors (Lipinski definition) is 1. The molecule has 0 aliphatic rings. The van der Waals surface area contributed by atoms with Crippen molar-refractivity contribution in [1.82, 2.24) is 0 Å². The summed E-state index contributed by atoms with van der Waals surface area (Å²) in [6.45, 7) is 2.01. The Morgan fingerprint density at radius 2 is 2.00 bits per heavy atom. The van der Waals surface area contributed by atoms with Gasteiger partial charge in [0.05, 0.1) is 10.6 Å². The average molecular weight is 278 g/mol. The summed E-state index contributed by atoms with van der Waals surface area (Å²) in [5.74, 6) is -0.804. The maximum atomic E-state index is 12.9. The van der Waals surface area contributed by atoms with E-state index in [1.165, 1.54) is 12.1 Å². The molecule has 19 heavy (non-hydrogen) atoms. The number of amides is 1. The van der Waals surface area contributed by atoms with E-state index < -0.39 is 5.82 Å². The van der Waals surface area contributed by atoms with Crippen molar-refractivity contribution in [3.05, 3.63) is 64.4 Å². The largest absolute Gasteiger partial charge is 0.322 e. The van der Waals surface area contributed by atoms with Crippen LogP contribution in [0.5, 0.6) is 0 Å². The highest BCUT2D eigenvalue weighted by atomic mass is 35.5. The summed E-state index contributed by atoms with van der Waals surface area (Å²) in [6, 6.07) is 11.3. The fourth-order valence-electron chi connectivity index (χ4n) is 1.81. The number of para-hydroxylation sites is 1. The number of aryl methyl sites for hydroxylation is 1. The molecular formula is C15H13ClFNO. The van der Waals surface area contributed by atoms with Gasteiger partial charge in [0.25, 0.3) is 5.91 Å². The molecule has 2 aromatic rings. The minimum absolute atomic E-state index is 0.103. The first-order chi connectivity index (χ1) is 9.11. The molecule has 2 rings (SSSR count). The van der Waals surface area contributed by atoms with Crippen LogP contribution in [0.25, 0.3) is 0 Å². The SMILES string of the molecule is CCc1ccccc1NC(=O)c1ccc(F)cc1Cl. The number of rotatable bonds is 3. The van der Waals surface area contributed by atoms with E-state index in [0.717, 1.165) is 23.7 Å². The van der Waals surface area contributed by atoms with Gasteiger partial charge in [0, 0.05) is 5.69 Å². The Morgan fingerprint density at radius 1 is 1.26 bits per heavy atom. The van der Waals surface area contributed by atoms with Crippen LogP contribution in [-0.4, -0.2) is 5.91 Å². The number of hydrogen-bond acceptors (Lipinski definition) is 1. The fraction of sp³-hybridized carbons (Fsp3) is 0.133. The summed E-state index contributed by atoms with van der Waals surface area (Å²) >= 11 is 5.86. The van der Waals surface area contributed by atoms with Crippen molar-refractivity contribution in [3.63, 3.8) is 0 Å². The van der Waals surface area contributed by atoms with Crippen LogP contribution in [0.3, 0.4) is 0 Å². The molecule has 0 unspecified atom stereocenters. The van der Waals surface area contributed by atoms with E-state index in [1.807, 2.05) is 31.2 Å². The van der Waals surface area contributed by atoms with Crippen LogP contribution in [-0.2, 0) is 6.42 Å². The van der Waals surface area contributed by atoms with Gasteiger partial charge in [0.2, 0.25) is 0 Å². The Labute approximate surface area is 116 Å². The lowest BCUT2D eigenvalue weighted by molar-refractivity contribution is 0.102. The predicted octanol–water partition coefficient (Wildman–Crippen LogP) is 4.29. The van der Waals surface area contributed by atoms with Crippen molar-refractivity contribution in [2.75, 3.05) is 5.32 Å². The van der Waals surface area contributed by atoms with E-state index in [0.29, 0.717) is 0 Å². The number of halogens is 2. The number of benzene rings is 2. The van der Waals surface area contributed by atoms with Crippen molar-refractivity contribution < 1.29 is 9.18 Å². The molecule has 2 aromatic carbocycles. The normalized spacial score (nSPS) is 10.3. The second kappa shape index (κ2) is 5.85. The van der Waals surface area contributed by atoms with Gasteiger partial charge in [-0.05, 0) is 36.2 Å². The first-order valence-corrected chi connectivity index (χ1v) is 6.34. The molecule has 98 valence electrons. The summed E-state index contributed by atoms with van der Waals surface area (Å²) in [5.41, 5.74) is 2.04. The third-order valence-corrected chi connectivity index (χ3v) is 3.13. The lowest BCUT2D eigenvalue weighted by atomic mass is 10.1. The maximum Gasteiger partial charge on any atom is 0.257 e. The summed E-state index contributed by atoms with van der Waals surface area (Å²) in [7, 11) is 0. The average Bonchev–Trinajstić information content (AvgIpc) is 2.39. The quantitative estimate of drug-likeness (QED) is 0.891. The van der Waals surface area contributed by atoms with Crippen LogP contribution in [0.15, 0.2) is 42.5 Å². The zero-order valence-electron chi connectivity index (χ0n) is 10.4. The Kier molecular flexibility index (Phi) is 4.17. The van der Waals surface area contributed by atoms with E-state index in [-0.39, 0.29) is 16.5 Å². The topological polar surface area (TPSA) is 29.1 Å². The van der Waals surface area contributed by atoms with Crippen molar-refractivity contribution >= 4 is 23.2 Å². The van der Waals surface area contributed by atoms with Gasteiger partial charge in [-0.2, -0.15) is 0 Å². The van der Waals surface area contributed by atoms with Crippen LogP contribution in [0.1, 0.15) is 22.8 Å². The molecule has 0 aliphatic heterocycles. The molecular weight excluding hydrogens is 265 g/mol. The van der Waals surface area contributed by atoms with Crippen molar-refractivity contribution in [1.29, 1.82) is 0 Å². The van der Waals surface area contributed by atoms with E-state index >= 15 is 0 Å². The first-order valence-electron chi connectivity index (χ1n) is 5.96. The Bertz CT molecular complexity index is 613. The van der Waals surface area contributed by atoms with Crippen LogP contribution in [0.4, 0.5) is 10.1 Å². The molecule has 0 aliphatic carbocycles. The van der Waals surface area contributed by atoms with Crippen LogP contribution >= 0.6 is 11.6 Å². The molecule has 2 nitrogen and oxygen atoms in total. The van der Waals surface area contributed by atoms with Crippen LogP contribution in [0, 0.1) is 5.82 Å². The van der Waals surface area contributed by atoms with Gasteiger partial charge in [-0.3, -0.25) is 4.79 Å². The standard InChI is InChI=1S/C15H13ClFNO/c1-2-10-5-3-4-6-14(10)18-15(19)12-8-7-11(17)9-13(12)16/h3-9H,2H2,1H3,(H,18,19). The zero-order valence-corrected chi connectivity index (χ0v) is 11.2. The highest BCUT2D eigenvalue weighted by molar-refractivity contribution is 6.34. The highest BCUT2D eigenvalue weighted by Gasteiger charge is 2.12. The molecule has 0 radical (unpaired) electrons. The second-order valence-electron chi connectivity index (χ2n) is 4.09. The molecule has 1 amide bonds. The van der Waals surface area contributed by atoms with E-state index in [2.05, 4.69) is 5.32 Å². The molecule has 0 saturated heterocycles. The summed E-state index contributed by atoms with van der Waals surface area (Å²) < 4.78 is 12.9. The Hall–Kier alpha value is -1.87. The van der Waals surface area contributed by atoms with E-state index in [4.69, 9.17) is 11.6 Å². The molecule has 0 aromatic heterocycles. The lowest BCUT2D eigenvalue weighted by Gasteiger charge is -2.10. The smallest absolute Gasteiger partial charge is 0.257 e. The van der Waals surface area contributed by atoms with Crippen molar-refractivity contribution in [2.45, 2.75) is 13.3 Å². The van der Waals surface area contributed by atoms with Crippen molar-refractivity contribution in [2.24, 2.45) is 0 Å². The minimum Gasteiger partial charge on any atom is -0.322 e. The molecule has 4 heteroatoms. The number of carbonyl (C=O) groups is 1. The zero-order chi connectivity index (χ0) is 13.8. The molecule has 1 N–H and O–H groups in total. The van der Waals surface area contributed by atoms with Crippen LogP contribution < -0.4 is 5.32 Å². The van der Waals surface area contributed by atoms with Gasteiger partial charge in [-0.15, -0.1) is 0 Å². The van der Waals surface area contributed by atoms with E-state index in [1.54, 1.807) is 0 Å². The number of anilines is 1. The monoisotopic (exact) mass is 277 g/mol. The summed E-state index contributed by atoms with van der Waals surface area (Å²) in [5, 5.41) is 2.90.